The molecule has 0 aliphatic carbocycles. The molecule has 2 N–H and O–H groups in total. The number of hydrogen-bond acceptors (Lipinski definition) is 3. The van der Waals surface area contributed by atoms with E-state index in [0.717, 1.165) is 13.0 Å². The summed E-state index contributed by atoms with van der Waals surface area (Å²) in [5.74, 6) is 0.219. The second kappa shape index (κ2) is 10.8. The molecule has 1 aliphatic rings. The first-order valence-electron chi connectivity index (χ1n) is 9.22. The van der Waals surface area contributed by atoms with Crippen molar-refractivity contribution in [1.29, 1.82) is 0 Å². The normalized spacial score (nSPS) is 13.2. The van der Waals surface area contributed by atoms with Gasteiger partial charge < -0.3 is 10.6 Å². The molecular formula is C21H25IN4O2. The fourth-order valence-electron chi connectivity index (χ4n) is 3.01. The number of fused-ring (bicyclic) bond motifs is 1. The van der Waals surface area contributed by atoms with Crippen LogP contribution in [0.1, 0.15) is 33.2 Å². The molecule has 0 bridgehead atoms. The molecule has 2 aromatic carbocycles. The van der Waals surface area contributed by atoms with Crippen LogP contribution in [0.15, 0.2) is 59.6 Å². The number of rotatable bonds is 7. The van der Waals surface area contributed by atoms with Crippen molar-refractivity contribution < 1.29 is 9.59 Å². The Morgan fingerprint density at radius 3 is 2.14 bits per heavy atom. The summed E-state index contributed by atoms with van der Waals surface area (Å²) in [5, 5.41) is 6.38. The summed E-state index contributed by atoms with van der Waals surface area (Å²) in [6.07, 6.45) is 0.857. The van der Waals surface area contributed by atoms with Gasteiger partial charge in [-0.25, -0.2) is 0 Å². The van der Waals surface area contributed by atoms with Crippen molar-refractivity contribution in [2.24, 2.45) is 4.99 Å². The van der Waals surface area contributed by atoms with Crippen molar-refractivity contribution in [1.82, 2.24) is 15.5 Å². The summed E-state index contributed by atoms with van der Waals surface area (Å²) < 4.78 is 0. The second-order valence-electron chi connectivity index (χ2n) is 6.23. The predicted octanol–water partition coefficient (Wildman–Crippen LogP) is 2.70. The first kappa shape index (κ1) is 21.9. The number of carbonyl (C=O) groups is 2. The van der Waals surface area contributed by atoms with Crippen molar-refractivity contribution in [3.05, 3.63) is 71.3 Å². The van der Waals surface area contributed by atoms with Gasteiger partial charge in [0.2, 0.25) is 0 Å². The Hall–Kier alpha value is -2.42. The number of benzene rings is 2. The highest BCUT2D eigenvalue weighted by atomic mass is 127. The largest absolute Gasteiger partial charge is 0.357 e. The molecule has 3 rings (SSSR count). The lowest BCUT2D eigenvalue weighted by atomic mass is 10.1. The van der Waals surface area contributed by atoms with E-state index in [2.05, 4.69) is 27.8 Å². The smallest absolute Gasteiger partial charge is 0.261 e. The van der Waals surface area contributed by atoms with Gasteiger partial charge in [0, 0.05) is 26.2 Å². The van der Waals surface area contributed by atoms with Gasteiger partial charge in [-0.1, -0.05) is 42.5 Å². The Kier molecular flexibility index (Phi) is 8.43. The van der Waals surface area contributed by atoms with Crippen LogP contribution >= 0.6 is 24.0 Å². The van der Waals surface area contributed by atoms with Gasteiger partial charge in [-0.15, -0.1) is 24.0 Å². The maximum absolute atomic E-state index is 12.4. The molecule has 28 heavy (non-hydrogen) atoms. The first-order chi connectivity index (χ1) is 13.2. The Morgan fingerprint density at radius 1 is 0.929 bits per heavy atom. The molecule has 2 aromatic rings. The molecule has 148 valence electrons. The van der Waals surface area contributed by atoms with Crippen LogP contribution in [-0.2, 0) is 6.42 Å². The number of carbonyl (C=O) groups excluding carboxylic acids is 2. The highest BCUT2D eigenvalue weighted by molar-refractivity contribution is 14.0. The average molecular weight is 492 g/mol. The topological polar surface area (TPSA) is 73.8 Å². The van der Waals surface area contributed by atoms with E-state index < -0.39 is 0 Å². The van der Waals surface area contributed by atoms with Crippen molar-refractivity contribution in [3.8, 4) is 0 Å². The van der Waals surface area contributed by atoms with Gasteiger partial charge in [0.15, 0.2) is 5.96 Å². The monoisotopic (exact) mass is 492 g/mol. The highest BCUT2D eigenvalue weighted by Gasteiger charge is 2.34. The summed E-state index contributed by atoms with van der Waals surface area (Å²) in [7, 11) is 0. The molecular weight excluding hydrogens is 467 g/mol. The van der Waals surface area contributed by atoms with Crippen molar-refractivity contribution >= 4 is 41.8 Å². The number of halogens is 1. The number of nitrogens with zero attached hydrogens (tertiary/aromatic N) is 2. The molecule has 0 saturated carbocycles. The maximum atomic E-state index is 12.4. The Morgan fingerprint density at radius 2 is 1.54 bits per heavy atom. The third-order valence-corrected chi connectivity index (χ3v) is 4.36. The number of imide groups is 1. The molecule has 0 unspecified atom stereocenters. The molecule has 0 atom stereocenters. The van der Waals surface area contributed by atoms with Gasteiger partial charge >= 0.3 is 0 Å². The standard InChI is InChI=1S/C21H24N4O2.HI/c1-2-22-21(23-13-12-16-8-4-3-5-9-16)24-14-15-25-19(26)17-10-6-7-11-18(17)20(25)27;/h3-11H,2,12-15H2,1H3,(H2,22,23,24);1H. The van der Waals surface area contributed by atoms with E-state index >= 15 is 0 Å². The van der Waals surface area contributed by atoms with Gasteiger partial charge in [-0.05, 0) is 31.0 Å². The number of hydrogen-bond donors (Lipinski definition) is 2. The summed E-state index contributed by atoms with van der Waals surface area (Å²) >= 11 is 0. The molecule has 2 amide bonds. The van der Waals surface area contributed by atoms with Crippen molar-refractivity contribution in [3.63, 3.8) is 0 Å². The SMILES string of the molecule is CCNC(=NCCc1ccccc1)NCCN1C(=O)c2ccccc2C1=O.I. The van der Waals surface area contributed by atoms with Crippen LogP contribution in [0.4, 0.5) is 0 Å². The fourth-order valence-corrected chi connectivity index (χ4v) is 3.01. The van der Waals surface area contributed by atoms with Gasteiger partial charge in [0.1, 0.15) is 0 Å². The summed E-state index contributed by atoms with van der Waals surface area (Å²) in [6, 6.07) is 17.1. The Labute approximate surface area is 182 Å². The molecule has 0 saturated heterocycles. The number of guanidine groups is 1. The zero-order chi connectivity index (χ0) is 19.1. The van der Waals surface area contributed by atoms with Crippen LogP contribution in [-0.4, -0.2) is 48.9 Å². The zero-order valence-corrected chi connectivity index (χ0v) is 18.2. The van der Waals surface area contributed by atoms with E-state index in [1.165, 1.54) is 10.5 Å². The van der Waals surface area contributed by atoms with Gasteiger partial charge in [-0.3, -0.25) is 19.5 Å². The minimum absolute atomic E-state index is 0. The third-order valence-electron chi connectivity index (χ3n) is 4.36. The van der Waals surface area contributed by atoms with Gasteiger partial charge in [-0.2, -0.15) is 0 Å². The van der Waals surface area contributed by atoms with E-state index in [-0.39, 0.29) is 35.8 Å². The van der Waals surface area contributed by atoms with Crippen molar-refractivity contribution in [2.45, 2.75) is 13.3 Å². The lowest BCUT2D eigenvalue weighted by Gasteiger charge is -2.16. The minimum Gasteiger partial charge on any atom is -0.357 e. The van der Waals surface area contributed by atoms with E-state index in [0.29, 0.717) is 36.7 Å². The maximum Gasteiger partial charge on any atom is 0.261 e. The van der Waals surface area contributed by atoms with Crippen LogP contribution in [0.25, 0.3) is 0 Å². The molecule has 0 radical (unpaired) electrons. The fraction of sp³-hybridized carbons (Fsp3) is 0.286. The molecule has 7 heteroatoms. The van der Waals surface area contributed by atoms with Crippen LogP contribution in [0, 0.1) is 0 Å². The average Bonchev–Trinajstić information content (AvgIpc) is 2.94. The zero-order valence-electron chi connectivity index (χ0n) is 15.9. The molecule has 0 aromatic heterocycles. The third kappa shape index (κ3) is 5.31. The Balaban J connectivity index is 0.00000280. The van der Waals surface area contributed by atoms with E-state index in [4.69, 9.17) is 0 Å². The van der Waals surface area contributed by atoms with E-state index in [1.54, 1.807) is 24.3 Å². The number of aliphatic imine (C=N–C) groups is 1. The first-order valence-corrected chi connectivity index (χ1v) is 9.22. The van der Waals surface area contributed by atoms with Gasteiger partial charge in [0.25, 0.3) is 11.8 Å². The lowest BCUT2D eigenvalue weighted by Crippen LogP contribution is -2.43. The van der Waals surface area contributed by atoms with Crippen LogP contribution < -0.4 is 10.6 Å². The Bertz CT molecular complexity index is 804. The van der Waals surface area contributed by atoms with Crippen molar-refractivity contribution in [2.75, 3.05) is 26.2 Å². The highest BCUT2D eigenvalue weighted by Crippen LogP contribution is 2.21. The summed E-state index contributed by atoms with van der Waals surface area (Å²) in [6.45, 7) is 4.15. The predicted molar refractivity (Wildman–Crippen MR) is 121 cm³/mol. The quantitative estimate of drug-likeness (QED) is 0.270. The van der Waals surface area contributed by atoms with Crippen LogP contribution in [0.5, 0.6) is 0 Å². The second-order valence-corrected chi connectivity index (χ2v) is 6.23. The van der Waals surface area contributed by atoms with Crippen LogP contribution in [0.2, 0.25) is 0 Å². The van der Waals surface area contributed by atoms with Crippen LogP contribution in [0.3, 0.4) is 0 Å². The molecule has 1 heterocycles. The summed E-state index contributed by atoms with van der Waals surface area (Å²) in [5.41, 5.74) is 2.19. The molecule has 0 fully saturated rings. The minimum atomic E-state index is -0.233. The number of nitrogens with one attached hydrogen (secondary N) is 2. The van der Waals surface area contributed by atoms with Gasteiger partial charge in [0.05, 0.1) is 11.1 Å². The molecule has 0 spiro atoms. The molecule has 6 nitrogen and oxygen atoms in total. The van der Waals surface area contributed by atoms with E-state index in [1.807, 2.05) is 25.1 Å². The summed E-state index contributed by atoms with van der Waals surface area (Å²) in [4.78, 5) is 30.6. The lowest BCUT2D eigenvalue weighted by molar-refractivity contribution is 0.0657. The van der Waals surface area contributed by atoms with E-state index in [9.17, 15) is 9.59 Å². The number of amides is 2. The molecule has 1 aliphatic heterocycles.